The van der Waals surface area contributed by atoms with E-state index in [4.69, 9.17) is 11.3 Å². The van der Waals surface area contributed by atoms with Crippen LogP contribution in [0.3, 0.4) is 0 Å². The molecule has 0 saturated carbocycles. The first-order valence-corrected chi connectivity index (χ1v) is 8.77. The molecule has 0 saturated heterocycles. The van der Waals surface area contributed by atoms with Crippen LogP contribution in [0.5, 0.6) is 11.5 Å². The summed E-state index contributed by atoms with van der Waals surface area (Å²) in [6, 6.07) is 5.97. The van der Waals surface area contributed by atoms with Crippen LogP contribution in [0, 0.1) is 18.2 Å². The quantitative estimate of drug-likeness (QED) is 0.214. The lowest BCUT2D eigenvalue weighted by Gasteiger charge is -2.18. The van der Waals surface area contributed by atoms with Crippen LogP contribution in [-0.4, -0.2) is 24.3 Å². The van der Waals surface area contributed by atoms with Gasteiger partial charge in [0.15, 0.2) is 24.0 Å². The number of carbonyl (C=O) groups is 1. The van der Waals surface area contributed by atoms with Crippen LogP contribution in [0.15, 0.2) is 40.9 Å². The predicted octanol–water partition coefficient (Wildman–Crippen LogP) is 5.96. The summed E-state index contributed by atoms with van der Waals surface area (Å²) in [7, 11) is 0. The highest BCUT2D eigenvalue weighted by Gasteiger charge is 2.36. The lowest BCUT2D eigenvalue weighted by atomic mass is 9.94. The number of Topliss-reactive ketones (excluding diaryl/α,β-unsaturated/α-hetero) is 1. The standard InChI is InChI=1S/C19H13BrF5NO3/c1-18(26-2,10-28-17-8-15(22)14(21)7-13(17)20)9-16(27)11-3-5-12(6-4-11)29-19(23,24)25/h3-8H,9-10H2,1H3. The zero-order chi connectivity index (χ0) is 21.8. The molecule has 4 nitrogen and oxygen atoms in total. The Morgan fingerprint density at radius 3 is 2.28 bits per heavy atom. The number of hydrogen-bond acceptors (Lipinski definition) is 3. The lowest BCUT2D eigenvalue weighted by Crippen LogP contribution is -2.32. The SMILES string of the molecule is [C-]#[N+]C(C)(COc1cc(F)c(F)cc1Br)CC(=O)c1ccc(OC(F)(F)F)cc1. The van der Waals surface area contributed by atoms with Gasteiger partial charge >= 0.3 is 6.36 Å². The summed E-state index contributed by atoms with van der Waals surface area (Å²) < 4.78 is 72.3. The van der Waals surface area contributed by atoms with Crippen molar-refractivity contribution in [3.63, 3.8) is 0 Å². The molecule has 0 radical (unpaired) electrons. The van der Waals surface area contributed by atoms with Crippen molar-refractivity contribution in [1.29, 1.82) is 0 Å². The van der Waals surface area contributed by atoms with Crippen LogP contribution < -0.4 is 9.47 Å². The summed E-state index contributed by atoms with van der Waals surface area (Å²) in [5.41, 5.74) is -1.26. The average Bonchev–Trinajstić information content (AvgIpc) is 2.63. The first kappa shape index (κ1) is 22.6. The van der Waals surface area contributed by atoms with Gasteiger partial charge in [-0.2, -0.15) is 0 Å². The molecule has 154 valence electrons. The summed E-state index contributed by atoms with van der Waals surface area (Å²) in [6.45, 7) is 8.48. The molecular formula is C19H13BrF5NO3. The maximum Gasteiger partial charge on any atom is 0.573 e. The van der Waals surface area contributed by atoms with Gasteiger partial charge in [-0.05, 0) is 46.3 Å². The molecule has 0 aromatic heterocycles. The van der Waals surface area contributed by atoms with E-state index in [2.05, 4.69) is 25.5 Å². The molecule has 0 aliphatic heterocycles. The average molecular weight is 478 g/mol. The third kappa shape index (κ3) is 6.42. The molecular weight excluding hydrogens is 465 g/mol. The van der Waals surface area contributed by atoms with Crippen LogP contribution in [0.1, 0.15) is 23.7 Å². The fraction of sp³-hybridized carbons (Fsp3) is 0.263. The molecule has 0 bridgehead atoms. The van der Waals surface area contributed by atoms with Crippen molar-refractivity contribution >= 4 is 21.7 Å². The lowest BCUT2D eigenvalue weighted by molar-refractivity contribution is -0.274. The van der Waals surface area contributed by atoms with Crippen LogP contribution in [-0.2, 0) is 0 Å². The molecule has 2 aromatic rings. The maximum atomic E-state index is 13.4. The Kier molecular flexibility index (Phi) is 6.85. The van der Waals surface area contributed by atoms with E-state index in [1.54, 1.807) is 0 Å². The van der Waals surface area contributed by atoms with Gasteiger partial charge in [-0.25, -0.2) is 15.4 Å². The van der Waals surface area contributed by atoms with Crippen molar-refractivity contribution in [2.24, 2.45) is 0 Å². The molecule has 0 amide bonds. The van der Waals surface area contributed by atoms with E-state index in [0.29, 0.717) is 0 Å². The maximum absolute atomic E-state index is 13.4. The van der Waals surface area contributed by atoms with E-state index >= 15 is 0 Å². The number of carbonyl (C=O) groups excluding carboxylic acids is 1. The monoisotopic (exact) mass is 477 g/mol. The Labute approximate surface area is 171 Å². The second kappa shape index (κ2) is 8.78. The van der Waals surface area contributed by atoms with E-state index in [1.165, 1.54) is 6.92 Å². The van der Waals surface area contributed by atoms with Gasteiger partial charge in [-0.15, -0.1) is 13.2 Å². The summed E-state index contributed by atoms with van der Waals surface area (Å²) in [5.74, 6) is -3.24. The van der Waals surface area contributed by atoms with Crippen LogP contribution in [0.4, 0.5) is 22.0 Å². The summed E-state index contributed by atoms with van der Waals surface area (Å²) in [4.78, 5) is 15.8. The molecule has 29 heavy (non-hydrogen) atoms. The molecule has 0 fully saturated rings. The Hall–Kier alpha value is -2.67. The number of ketones is 1. The highest BCUT2D eigenvalue weighted by molar-refractivity contribution is 9.10. The van der Waals surface area contributed by atoms with Crippen LogP contribution in [0.25, 0.3) is 4.85 Å². The number of ether oxygens (including phenoxy) is 2. The summed E-state index contributed by atoms with van der Waals surface area (Å²) >= 11 is 3.02. The number of nitrogens with zero attached hydrogens (tertiary/aromatic N) is 1. The van der Waals surface area contributed by atoms with Gasteiger partial charge in [0.05, 0.1) is 10.9 Å². The second-order valence-electron chi connectivity index (χ2n) is 6.27. The molecule has 0 aliphatic rings. The van der Waals surface area contributed by atoms with Crippen molar-refractivity contribution in [2.75, 3.05) is 6.61 Å². The van der Waals surface area contributed by atoms with Crippen molar-refractivity contribution < 1.29 is 36.2 Å². The summed E-state index contributed by atoms with van der Waals surface area (Å²) in [5, 5.41) is 0. The first-order chi connectivity index (χ1) is 13.4. The van der Waals surface area contributed by atoms with Crippen molar-refractivity contribution in [2.45, 2.75) is 25.2 Å². The largest absolute Gasteiger partial charge is 0.573 e. The Morgan fingerprint density at radius 1 is 1.14 bits per heavy atom. The third-order valence-electron chi connectivity index (χ3n) is 3.73. The molecule has 0 N–H and O–H groups in total. The van der Waals surface area contributed by atoms with Crippen molar-refractivity contribution in [3.8, 4) is 11.5 Å². The minimum absolute atomic E-state index is 0.0418. The van der Waals surface area contributed by atoms with Crippen LogP contribution >= 0.6 is 15.9 Å². The topological polar surface area (TPSA) is 39.9 Å². The molecule has 2 rings (SSSR count). The zero-order valence-electron chi connectivity index (χ0n) is 14.8. The van der Waals surface area contributed by atoms with Crippen molar-refractivity contribution in [1.82, 2.24) is 0 Å². The zero-order valence-corrected chi connectivity index (χ0v) is 16.4. The van der Waals surface area contributed by atoms with Crippen molar-refractivity contribution in [3.05, 3.63) is 69.5 Å². The molecule has 1 atom stereocenters. The highest BCUT2D eigenvalue weighted by Crippen LogP contribution is 2.30. The van der Waals surface area contributed by atoms with E-state index in [-0.39, 0.29) is 28.8 Å². The number of benzene rings is 2. The predicted molar refractivity (Wildman–Crippen MR) is 96.6 cm³/mol. The van der Waals surface area contributed by atoms with Gasteiger partial charge in [0.1, 0.15) is 11.5 Å². The van der Waals surface area contributed by atoms with Gasteiger partial charge < -0.3 is 14.3 Å². The van der Waals surface area contributed by atoms with Gasteiger partial charge in [0, 0.05) is 18.6 Å². The minimum Gasteiger partial charge on any atom is -0.484 e. The Morgan fingerprint density at radius 2 is 1.72 bits per heavy atom. The van der Waals surface area contributed by atoms with E-state index in [0.717, 1.165) is 36.4 Å². The van der Waals surface area contributed by atoms with Gasteiger partial charge in [0.25, 0.3) is 5.54 Å². The molecule has 0 aliphatic carbocycles. The third-order valence-corrected chi connectivity index (χ3v) is 4.35. The fourth-order valence-corrected chi connectivity index (χ4v) is 2.69. The molecule has 0 heterocycles. The normalized spacial score (nSPS) is 13.3. The highest BCUT2D eigenvalue weighted by atomic mass is 79.9. The number of hydrogen-bond donors (Lipinski definition) is 0. The number of alkyl halides is 3. The smallest absolute Gasteiger partial charge is 0.484 e. The fourth-order valence-electron chi connectivity index (χ4n) is 2.26. The first-order valence-electron chi connectivity index (χ1n) is 7.97. The number of rotatable bonds is 7. The van der Waals surface area contributed by atoms with E-state index in [9.17, 15) is 26.7 Å². The van der Waals surface area contributed by atoms with E-state index in [1.807, 2.05) is 0 Å². The Bertz CT molecular complexity index is 941. The van der Waals surface area contributed by atoms with Gasteiger partial charge in [0.2, 0.25) is 0 Å². The summed E-state index contributed by atoms with van der Waals surface area (Å²) in [6.07, 6.45) is -5.16. The molecule has 0 spiro atoms. The molecule has 2 aromatic carbocycles. The molecule has 1 unspecified atom stereocenters. The number of halogens is 6. The van der Waals surface area contributed by atoms with Gasteiger partial charge in [-0.1, -0.05) is 0 Å². The van der Waals surface area contributed by atoms with Crippen LogP contribution in [0.2, 0.25) is 0 Å². The second-order valence-corrected chi connectivity index (χ2v) is 7.12. The van der Waals surface area contributed by atoms with Gasteiger partial charge in [-0.3, -0.25) is 4.79 Å². The minimum atomic E-state index is -4.85. The Balaban J connectivity index is 2.07. The van der Waals surface area contributed by atoms with E-state index < -0.39 is 35.1 Å². The molecule has 10 heteroatoms.